The summed E-state index contributed by atoms with van der Waals surface area (Å²) >= 11 is 0. The van der Waals surface area contributed by atoms with Crippen molar-refractivity contribution in [3.05, 3.63) is 0 Å². The SMILES string of the molecule is CN(C)C1CCCN(CC(N)CCO)C1. The molecule has 2 unspecified atom stereocenters. The number of piperidine rings is 1. The maximum atomic E-state index is 8.80. The molecule has 0 radical (unpaired) electrons. The largest absolute Gasteiger partial charge is 0.396 e. The van der Waals surface area contributed by atoms with Crippen LogP contribution in [0, 0.1) is 0 Å². The normalized spacial score (nSPS) is 25.8. The molecule has 1 saturated heterocycles. The molecule has 1 fully saturated rings. The van der Waals surface area contributed by atoms with Crippen LogP contribution in [0.5, 0.6) is 0 Å². The van der Waals surface area contributed by atoms with Crippen molar-refractivity contribution in [2.24, 2.45) is 5.73 Å². The van der Waals surface area contributed by atoms with E-state index < -0.39 is 0 Å². The minimum absolute atomic E-state index is 0.121. The first-order valence-electron chi connectivity index (χ1n) is 5.88. The number of nitrogens with two attached hydrogens (primary N) is 1. The lowest BCUT2D eigenvalue weighted by molar-refractivity contribution is 0.124. The third-order valence-corrected chi connectivity index (χ3v) is 3.20. The molecular formula is C11H25N3O. The zero-order valence-corrected chi connectivity index (χ0v) is 10.0. The molecule has 0 spiro atoms. The Labute approximate surface area is 93.0 Å². The van der Waals surface area contributed by atoms with E-state index in [4.69, 9.17) is 10.8 Å². The van der Waals surface area contributed by atoms with E-state index in [0.717, 1.165) is 19.6 Å². The van der Waals surface area contributed by atoms with E-state index in [-0.39, 0.29) is 12.6 Å². The zero-order valence-electron chi connectivity index (χ0n) is 10.0. The summed E-state index contributed by atoms with van der Waals surface area (Å²) < 4.78 is 0. The summed E-state index contributed by atoms with van der Waals surface area (Å²) in [6.07, 6.45) is 3.26. The standard InChI is InChI=1S/C11H25N3O/c1-13(2)11-4-3-6-14(9-11)8-10(12)5-7-15/h10-11,15H,3-9,12H2,1-2H3. The molecule has 0 aromatic heterocycles. The second-order valence-electron chi connectivity index (χ2n) is 4.79. The van der Waals surface area contributed by atoms with Gasteiger partial charge in [-0.3, -0.25) is 0 Å². The van der Waals surface area contributed by atoms with Gasteiger partial charge in [0.2, 0.25) is 0 Å². The number of likely N-dealkylation sites (tertiary alicyclic amines) is 1. The quantitative estimate of drug-likeness (QED) is 0.662. The third kappa shape index (κ3) is 4.47. The molecule has 3 N–H and O–H groups in total. The lowest BCUT2D eigenvalue weighted by Crippen LogP contribution is -2.48. The molecule has 0 saturated carbocycles. The summed E-state index contributed by atoms with van der Waals surface area (Å²) in [5, 5.41) is 8.80. The number of hydrogen-bond acceptors (Lipinski definition) is 4. The van der Waals surface area contributed by atoms with Crippen molar-refractivity contribution >= 4 is 0 Å². The first-order chi connectivity index (χ1) is 7.13. The first-order valence-corrected chi connectivity index (χ1v) is 5.88. The maximum absolute atomic E-state index is 8.80. The van der Waals surface area contributed by atoms with Gasteiger partial charge in [-0.1, -0.05) is 0 Å². The minimum Gasteiger partial charge on any atom is -0.396 e. The van der Waals surface area contributed by atoms with Crippen molar-refractivity contribution in [3.63, 3.8) is 0 Å². The lowest BCUT2D eigenvalue weighted by atomic mass is 10.0. The van der Waals surface area contributed by atoms with Crippen LogP contribution in [-0.2, 0) is 0 Å². The highest BCUT2D eigenvalue weighted by molar-refractivity contribution is 4.80. The van der Waals surface area contributed by atoms with Gasteiger partial charge in [0.05, 0.1) is 0 Å². The molecule has 2 atom stereocenters. The Kier molecular flexibility index (Phi) is 5.53. The van der Waals surface area contributed by atoms with E-state index in [1.165, 1.54) is 12.8 Å². The molecule has 1 rings (SSSR count). The summed E-state index contributed by atoms with van der Waals surface area (Å²) in [4.78, 5) is 4.72. The van der Waals surface area contributed by atoms with Crippen molar-refractivity contribution in [2.75, 3.05) is 40.3 Å². The molecule has 4 heteroatoms. The van der Waals surface area contributed by atoms with Crippen LogP contribution < -0.4 is 5.73 Å². The monoisotopic (exact) mass is 215 g/mol. The number of hydrogen-bond donors (Lipinski definition) is 2. The minimum atomic E-state index is 0.121. The molecule has 0 aliphatic carbocycles. The number of aliphatic hydroxyl groups excluding tert-OH is 1. The van der Waals surface area contributed by atoms with Crippen LogP contribution in [0.2, 0.25) is 0 Å². The van der Waals surface area contributed by atoms with E-state index in [1.54, 1.807) is 0 Å². The molecule has 15 heavy (non-hydrogen) atoms. The van der Waals surface area contributed by atoms with E-state index in [0.29, 0.717) is 12.5 Å². The summed E-state index contributed by atoms with van der Waals surface area (Å²) in [6, 6.07) is 0.788. The van der Waals surface area contributed by atoms with Gasteiger partial charge in [-0.05, 0) is 39.9 Å². The predicted molar refractivity (Wildman–Crippen MR) is 62.8 cm³/mol. The molecule has 0 aromatic carbocycles. The Morgan fingerprint density at radius 2 is 2.27 bits per heavy atom. The van der Waals surface area contributed by atoms with Crippen molar-refractivity contribution < 1.29 is 5.11 Å². The van der Waals surface area contributed by atoms with Gasteiger partial charge in [-0.15, -0.1) is 0 Å². The fourth-order valence-electron chi connectivity index (χ4n) is 2.21. The number of rotatable bonds is 5. The van der Waals surface area contributed by atoms with Crippen LogP contribution in [0.25, 0.3) is 0 Å². The number of nitrogens with zero attached hydrogens (tertiary/aromatic N) is 2. The zero-order chi connectivity index (χ0) is 11.3. The maximum Gasteiger partial charge on any atom is 0.0446 e. The Bertz CT molecular complexity index is 175. The van der Waals surface area contributed by atoms with Gasteiger partial charge in [-0.25, -0.2) is 0 Å². The number of likely N-dealkylation sites (N-methyl/N-ethyl adjacent to an activating group) is 1. The van der Waals surface area contributed by atoms with Gasteiger partial charge in [0.15, 0.2) is 0 Å². The average Bonchev–Trinajstić information content (AvgIpc) is 2.18. The second kappa shape index (κ2) is 6.43. The molecule has 1 aliphatic heterocycles. The van der Waals surface area contributed by atoms with Crippen molar-refractivity contribution in [3.8, 4) is 0 Å². The fourth-order valence-corrected chi connectivity index (χ4v) is 2.21. The summed E-state index contributed by atoms with van der Waals surface area (Å²) in [7, 11) is 4.28. The molecule has 0 amide bonds. The molecule has 0 bridgehead atoms. The van der Waals surface area contributed by atoms with Crippen LogP contribution >= 0.6 is 0 Å². The highest BCUT2D eigenvalue weighted by Crippen LogP contribution is 2.13. The van der Waals surface area contributed by atoms with Gasteiger partial charge in [0.1, 0.15) is 0 Å². The highest BCUT2D eigenvalue weighted by Gasteiger charge is 2.22. The van der Waals surface area contributed by atoms with Gasteiger partial charge < -0.3 is 20.6 Å². The summed E-state index contributed by atoms with van der Waals surface area (Å²) in [5.74, 6) is 0. The van der Waals surface area contributed by atoms with Gasteiger partial charge in [0.25, 0.3) is 0 Å². The fraction of sp³-hybridized carbons (Fsp3) is 1.00. The Morgan fingerprint density at radius 1 is 1.53 bits per heavy atom. The average molecular weight is 215 g/mol. The van der Waals surface area contributed by atoms with Gasteiger partial charge in [-0.2, -0.15) is 0 Å². The van der Waals surface area contributed by atoms with Crippen molar-refractivity contribution in [1.82, 2.24) is 9.80 Å². The molecule has 1 aliphatic rings. The van der Waals surface area contributed by atoms with Crippen LogP contribution in [0.1, 0.15) is 19.3 Å². The molecular weight excluding hydrogens is 190 g/mol. The van der Waals surface area contributed by atoms with Crippen molar-refractivity contribution in [1.29, 1.82) is 0 Å². The Morgan fingerprint density at radius 3 is 2.87 bits per heavy atom. The van der Waals surface area contributed by atoms with E-state index in [1.807, 2.05) is 0 Å². The molecule has 90 valence electrons. The van der Waals surface area contributed by atoms with E-state index in [9.17, 15) is 0 Å². The van der Waals surface area contributed by atoms with Gasteiger partial charge >= 0.3 is 0 Å². The molecule has 1 heterocycles. The molecule has 0 aromatic rings. The second-order valence-corrected chi connectivity index (χ2v) is 4.79. The predicted octanol–water partition coefficient (Wildman–Crippen LogP) is -0.278. The molecule has 4 nitrogen and oxygen atoms in total. The smallest absolute Gasteiger partial charge is 0.0446 e. The van der Waals surface area contributed by atoms with E-state index in [2.05, 4.69) is 23.9 Å². The topological polar surface area (TPSA) is 52.7 Å². The number of aliphatic hydroxyl groups is 1. The van der Waals surface area contributed by atoms with Crippen LogP contribution in [0.15, 0.2) is 0 Å². The first kappa shape index (κ1) is 12.9. The Balaban J connectivity index is 2.29. The van der Waals surface area contributed by atoms with Crippen molar-refractivity contribution in [2.45, 2.75) is 31.3 Å². The van der Waals surface area contributed by atoms with Crippen LogP contribution in [0.4, 0.5) is 0 Å². The third-order valence-electron chi connectivity index (χ3n) is 3.20. The van der Waals surface area contributed by atoms with Crippen LogP contribution in [-0.4, -0.2) is 67.3 Å². The summed E-state index contributed by atoms with van der Waals surface area (Å²) in [5.41, 5.74) is 5.92. The van der Waals surface area contributed by atoms with Gasteiger partial charge in [0, 0.05) is 31.8 Å². The van der Waals surface area contributed by atoms with Crippen LogP contribution in [0.3, 0.4) is 0 Å². The lowest BCUT2D eigenvalue weighted by Gasteiger charge is -2.37. The summed E-state index contributed by atoms with van der Waals surface area (Å²) in [6.45, 7) is 3.40. The highest BCUT2D eigenvalue weighted by atomic mass is 16.3. The Hall–Kier alpha value is -0.160. The van der Waals surface area contributed by atoms with E-state index >= 15 is 0 Å².